The summed E-state index contributed by atoms with van der Waals surface area (Å²) in [6.45, 7) is 1.96. The van der Waals surface area contributed by atoms with E-state index in [1.807, 2.05) is 25.1 Å². The van der Waals surface area contributed by atoms with Crippen LogP contribution in [0.3, 0.4) is 0 Å². The van der Waals surface area contributed by atoms with E-state index >= 15 is 0 Å². The van der Waals surface area contributed by atoms with Gasteiger partial charge in [-0.25, -0.2) is 4.98 Å². The number of hydrogen-bond acceptors (Lipinski definition) is 2. The van der Waals surface area contributed by atoms with Crippen LogP contribution in [0.25, 0.3) is 0 Å². The molecule has 0 radical (unpaired) electrons. The predicted octanol–water partition coefficient (Wildman–Crippen LogP) is 3.40. The lowest BCUT2D eigenvalue weighted by Crippen LogP contribution is -2.12. The van der Waals surface area contributed by atoms with Gasteiger partial charge in [0, 0.05) is 11.8 Å². The standard InChI is InChI=1S/C13H11BrN2O/c1-9-4-2-5-10(8-9)13(17)16-11-6-3-7-15-12(11)14/h2-8H,1H3,(H,16,17). The number of anilines is 1. The van der Waals surface area contributed by atoms with Crippen LogP contribution in [0.2, 0.25) is 0 Å². The maximum absolute atomic E-state index is 12.0. The third kappa shape index (κ3) is 2.91. The molecule has 86 valence electrons. The number of aryl methyl sites for hydroxylation is 1. The van der Waals surface area contributed by atoms with Gasteiger partial charge in [0.05, 0.1) is 5.69 Å². The van der Waals surface area contributed by atoms with Crippen LogP contribution in [0.4, 0.5) is 5.69 Å². The molecule has 0 atom stereocenters. The van der Waals surface area contributed by atoms with Crippen LogP contribution in [-0.4, -0.2) is 10.9 Å². The predicted molar refractivity (Wildman–Crippen MR) is 71.1 cm³/mol. The second-order valence-corrected chi connectivity index (χ2v) is 4.42. The molecule has 0 spiro atoms. The maximum Gasteiger partial charge on any atom is 0.255 e. The largest absolute Gasteiger partial charge is 0.320 e. The molecule has 0 unspecified atom stereocenters. The average molecular weight is 291 g/mol. The molecule has 1 aromatic carbocycles. The topological polar surface area (TPSA) is 42.0 Å². The quantitative estimate of drug-likeness (QED) is 0.862. The van der Waals surface area contributed by atoms with Crippen molar-refractivity contribution < 1.29 is 4.79 Å². The van der Waals surface area contributed by atoms with Crippen LogP contribution in [0.5, 0.6) is 0 Å². The van der Waals surface area contributed by atoms with Crippen molar-refractivity contribution in [2.75, 3.05) is 5.32 Å². The molecule has 0 fully saturated rings. The summed E-state index contributed by atoms with van der Waals surface area (Å²) in [5.41, 5.74) is 2.36. The van der Waals surface area contributed by atoms with Crippen LogP contribution >= 0.6 is 15.9 Å². The number of nitrogens with one attached hydrogen (secondary N) is 1. The summed E-state index contributed by atoms with van der Waals surface area (Å²) in [5.74, 6) is -0.137. The summed E-state index contributed by atoms with van der Waals surface area (Å²) < 4.78 is 0.626. The fourth-order valence-corrected chi connectivity index (χ4v) is 1.81. The molecule has 0 aliphatic carbocycles. The molecule has 0 bridgehead atoms. The first-order valence-corrected chi connectivity index (χ1v) is 5.94. The second kappa shape index (κ2) is 5.10. The van der Waals surface area contributed by atoms with Gasteiger partial charge in [0.1, 0.15) is 4.60 Å². The normalized spacial score (nSPS) is 10.0. The summed E-state index contributed by atoms with van der Waals surface area (Å²) in [5, 5.41) is 2.81. The molecule has 2 aromatic rings. The molecular formula is C13H11BrN2O. The van der Waals surface area contributed by atoms with E-state index in [0.29, 0.717) is 15.9 Å². The van der Waals surface area contributed by atoms with E-state index in [1.54, 1.807) is 24.4 Å². The fourth-order valence-electron chi connectivity index (χ4n) is 1.46. The summed E-state index contributed by atoms with van der Waals surface area (Å²) in [6.07, 6.45) is 1.66. The van der Waals surface area contributed by atoms with Gasteiger partial charge < -0.3 is 5.32 Å². The van der Waals surface area contributed by atoms with Crippen LogP contribution < -0.4 is 5.32 Å². The highest BCUT2D eigenvalue weighted by molar-refractivity contribution is 9.10. The molecule has 0 saturated carbocycles. The van der Waals surface area contributed by atoms with E-state index in [1.165, 1.54) is 0 Å². The molecule has 3 nitrogen and oxygen atoms in total. The van der Waals surface area contributed by atoms with Crippen LogP contribution in [0.1, 0.15) is 15.9 Å². The maximum atomic E-state index is 12.0. The number of halogens is 1. The highest BCUT2D eigenvalue weighted by atomic mass is 79.9. The Morgan fingerprint density at radius 2 is 2.12 bits per heavy atom. The Morgan fingerprint density at radius 1 is 1.29 bits per heavy atom. The number of carbonyl (C=O) groups is 1. The fraction of sp³-hybridized carbons (Fsp3) is 0.0769. The van der Waals surface area contributed by atoms with Crippen LogP contribution in [0, 0.1) is 6.92 Å². The molecule has 4 heteroatoms. The molecule has 1 aromatic heterocycles. The zero-order valence-electron chi connectivity index (χ0n) is 9.27. The van der Waals surface area contributed by atoms with Gasteiger partial charge in [-0.2, -0.15) is 0 Å². The number of benzene rings is 1. The van der Waals surface area contributed by atoms with E-state index < -0.39 is 0 Å². The number of amides is 1. The molecule has 1 amide bonds. The lowest BCUT2D eigenvalue weighted by molar-refractivity contribution is 0.102. The first kappa shape index (κ1) is 11.8. The van der Waals surface area contributed by atoms with Gasteiger partial charge in [-0.3, -0.25) is 4.79 Å². The van der Waals surface area contributed by atoms with Gasteiger partial charge in [0.2, 0.25) is 0 Å². The Hall–Kier alpha value is -1.68. The average Bonchev–Trinajstić information content (AvgIpc) is 2.32. The summed E-state index contributed by atoms with van der Waals surface area (Å²) >= 11 is 3.29. The van der Waals surface area contributed by atoms with Crippen molar-refractivity contribution in [3.8, 4) is 0 Å². The molecular weight excluding hydrogens is 280 g/mol. The van der Waals surface area contributed by atoms with Gasteiger partial charge in [-0.05, 0) is 47.1 Å². The molecule has 17 heavy (non-hydrogen) atoms. The van der Waals surface area contributed by atoms with E-state index in [2.05, 4.69) is 26.2 Å². The van der Waals surface area contributed by atoms with Gasteiger partial charge in [0.15, 0.2) is 0 Å². The third-order valence-corrected chi connectivity index (χ3v) is 2.92. The SMILES string of the molecule is Cc1cccc(C(=O)Nc2cccnc2Br)c1. The lowest BCUT2D eigenvalue weighted by atomic mass is 10.1. The monoisotopic (exact) mass is 290 g/mol. The molecule has 0 saturated heterocycles. The van der Waals surface area contributed by atoms with E-state index in [0.717, 1.165) is 5.56 Å². The Balaban J connectivity index is 2.20. The van der Waals surface area contributed by atoms with Crippen molar-refractivity contribution in [2.24, 2.45) is 0 Å². The highest BCUT2D eigenvalue weighted by Gasteiger charge is 2.08. The van der Waals surface area contributed by atoms with Crippen LogP contribution in [-0.2, 0) is 0 Å². The number of pyridine rings is 1. The molecule has 2 rings (SSSR count). The molecule has 0 aliphatic rings. The zero-order valence-corrected chi connectivity index (χ0v) is 10.9. The highest BCUT2D eigenvalue weighted by Crippen LogP contribution is 2.19. The Morgan fingerprint density at radius 3 is 2.82 bits per heavy atom. The van der Waals surface area contributed by atoms with Crippen molar-refractivity contribution >= 4 is 27.5 Å². The minimum absolute atomic E-state index is 0.137. The van der Waals surface area contributed by atoms with E-state index in [-0.39, 0.29) is 5.91 Å². The number of rotatable bonds is 2. The van der Waals surface area contributed by atoms with Gasteiger partial charge >= 0.3 is 0 Å². The number of carbonyl (C=O) groups excluding carboxylic acids is 1. The first-order valence-electron chi connectivity index (χ1n) is 5.15. The van der Waals surface area contributed by atoms with Gasteiger partial charge in [0.25, 0.3) is 5.91 Å². The summed E-state index contributed by atoms with van der Waals surface area (Å²) in [7, 11) is 0. The number of nitrogens with zero attached hydrogens (tertiary/aromatic N) is 1. The minimum Gasteiger partial charge on any atom is -0.320 e. The number of aromatic nitrogens is 1. The van der Waals surface area contributed by atoms with Crippen molar-refractivity contribution in [3.05, 3.63) is 58.3 Å². The Labute approximate surface area is 108 Å². The molecule has 0 aliphatic heterocycles. The summed E-state index contributed by atoms with van der Waals surface area (Å²) in [6, 6.07) is 11.0. The van der Waals surface area contributed by atoms with Crippen molar-refractivity contribution in [2.45, 2.75) is 6.92 Å². The van der Waals surface area contributed by atoms with Crippen molar-refractivity contribution in [1.82, 2.24) is 4.98 Å². The van der Waals surface area contributed by atoms with Gasteiger partial charge in [-0.15, -0.1) is 0 Å². The lowest BCUT2D eigenvalue weighted by Gasteiger charge is -2.06. The summed E-state index contributed by atoms with van der Waals surface area (Å²) in [4.78, 5) is 16.0. The zero-order chi connectivity index (χ0) is 12.3. The Bertz CT molecular complexity index is 555. The minimum atomic E-state index is -0.137. The number of hydrogen-bond donors (Lipinski definition) is 1. The van der Waals surface area contributed by atoms with Crippen molar-refractivity contribution in [3.63, 3.8) is 0 Å². The third-order valence-electron chi connectivity index (χ3n) is 2.29. The smallest absolute Gasteiger partial charge is 0.255 e. The van der Waals surface area contributed by atoms with E-state index in [9.17, 15) is 4.79 Å². The second-order valence-electron chi connectivity index (χ2n) is 3.67. The van der Waals surface area contributed by atoms with Gasteiger partial charge in [-0.1, -0.05) is 17.7 Å². The molecule has 1 N–H and O–H groups in total. The Kier molecular flexibility index (Phi) is 3.54. The first-order chi connectivity index (χ1) is 8.16. The van der Waals surface area contributed by atoms with E-state index in [4.69, 9.17) is 0 Å². The van der Waals surface area contributed by atoms with Crippen molar-refractivity contribution in [1.29, 1.82) is 0 Å². The molecule has 1 heterocycles. The van der Waals surface area contributed by atoms with Crippen LogP contribution in [0.15, 0.2) is 47.2 Å².